The molecule has 0 saturated carbocycles. The van der Waals surface area contributed by atoms with Gasteiger partial charge in [0.05, 0.1) is 6.54 Å². The van der Waals surface area contributed by atoms with E-state index < -0.39 is 0 Å². The maximum Gasteiger partial charge on any atom is 0.245 e. The lowest BCUT2D eigenvalue weighted by molar-refractivity contribution is 0.314. The Labute approximate surface area is 143 Å². The predicted octanol–water partition coefficient (Wildman–Crippen LogP) is 1.83. The molecular weight excluding hydrogens is 326 g/mol. The summed E-state index contributed by atoms with van der Waals surface area (Å²) >= 11 is 1.71. The van der Waals surface area contributed by atoms with Crippen molar-refractivity contribution in [2.45, 2.75) is 19.0 Å². The monoisotopic (exact) mass is 345 g/mol. The topological polar surface area (TPSA) is 83.2 Å². The Kier molecular flexibility index (Phi) is 4.03. The average molecular weight is 345 g/mol. The van der Waals surface area contributed by atoms with E-state index in [-0.39, 0.29) is 0 Å². The molecule has 3 aromatic heterocycles. The van der Waals surface area contributed by atoms with E-state index in [2.05, 4.69) is 60.9 Å². The zero-order chi connectivity index (χ0) is 16.5. The number of hydrogen-bond acceptors (Lipinski definition) is 9. The molecule has 0 amide bonds. The lowest BCUT2D eigenvalue weighted by Gasteiger charge is -2.22. The van der Waals surface area contributed by atoms with Crippen LogP contribution in [0.1, 0.15) is 11.3 Å². The summed E-state index contributed by atoms with van der Waals surface area (Å²) in [7, 11) is 4.22. The summed E-state index contributed by atoms with van der Waals surface area (Å²) in [5, 5.41) is 13.1. The Balaban J connectivity index is 1.63. The van der Waals surface area contributed by atoms with E-state index in [4.69, 9.17) is 4.63 Å². The third kappa shape index (κ3) is 2.92. The SMILES string of the molecule is CN(C)C1CCN(c2nc3nonc3nc2NCc2cccs2)C1. The molecule has 1 unspecified atom stereocenters. The summed E-state index contributed by atoms with van der Waals surface area (Å²) in [6.07, 6.45) is 1.11. The summed E-state index contributed by atoms with van der Waals surface area (Å²) in [4.78, 5) is 14.9. The van der Waals surface area contributed by atoms with E-state index >= 15 is 0 Å². The van der Waals surface area contributed by atoms with Crippen LogP contribution in [0.4, 0.5) is 11.6 Å². The molecule has 0 spiro atoms. The zero-order valence-corrected chi connectivity index (χ0v) is 14.5. The van der Waals surface area contributed by atoms with Crippen LogP contribution in [0.2, 0.25) is 0 Å². The Hall–Kier alpha value is -2.26. The molecule has 0 aliphatic carbocycles. The number of thiophene rings is 1. The molecule has 1 aliphatic rings. The number of anilines is 2. The Morgan fingerprint density at radius 2 is 2.17 bits per heavy atom. The summed E-state index contributed by atoms with van der Waals surface area (Å²) < 4.78 is 4.77. The van der Waals surface area contributed by atoms with Crippen LogP contribution in [-0.2, 0) is 6.54 Å². The largest absolute Gasteiger partial charge is 0.362 e. The van der Waals surface area contributed by atoms with Crippen molar-refractivity contribution in [2.75, 3.05) is 37.4 Å². The van der Waals surface area contributed by atoms with Gasteiger partial charge in [-0.05, 0) is 42.3 Å². The molecule has 0 bridgehead atoms. The normalized spacial score (nSPS) is 18.0. The summed E-state index contributed by atoms with van der Waals surface area (Å²) in [6, 6.07) is 4.66. The first-order valence-electron chi connectivity index (χ1n) is 7.88. The van der Waals surface area contributed by atoms with Gasteiger partial charge in [0.2, 0.25) is 11.3 Å². The van der Waals surface area contributed by atoms with E-state index in [1.54, 1.807) is 11.3 Å². The van der Waals surface area contributed by atoms with Gasteiger partial charge in [-0.2, -0.15) is 0 Å². The van der Waals surface area contributed by atoms with Crippen LogP contribution in [0.15, 0.2) is 22.1 Å². The van der Waals surface area contributed by atoms with Crippen LogP contribution in [0, 0.1) is 0 Å². The molecule has 1 saturated heterocycles. The van der Waals surface area contributed by atoms with Gasteiger partial charge in [-0.3, -0.25) is 0 Å². The van der Waals surface area contributed by atoms with Gasteiger partial charge in [-0.1, -0.05) is 6.07 Å². The van der Waals surface area contributed by atoms with Crippen LogP contribution in [0.25, 0.3) is 11.3 Å². The van der Waals surface area contributed by atoms with Crippen molar-refractivity contribution in [1.82, 2.24) is 25.2 Å². The van der Waals surface area contributed by atoms with Gasteiger partial charge in [-0.25, -0.2) is 14.6 Å². The van der Waals surface area contributed by atoms with Crippen molar-refractivity contribution < 1.29 is 4.63 Å². The number of aromatic nitrogens is 4. The highest BCUT2D eigenvalue weighted by Crippen LogP contribution is 2.28. The fourth-order valence-electron chi connectivity index (χ4n) is 2.91. The highest BCUT2D eigenvalue weighted by molar-refractivity contribution is 7.09. The minimum absolute atomic E-state index is 0.427. The number of fused-ring (bicyclic) bond motifs is 1. The first kappa shape index (κ1) is 15.3. The first-order valence-corrected chi connectivity index (χ1v) is 8.76. The molecule has 8 nitrogen and oxygen atoms in total. The Bertz CT molecular complexity index is 816. The van der Waals surface area contributed by atoms with Gasteiger partial charge in [0.15, 0.2) is 11.6 Å². The predicted molar refractivity (Wildman–Crippen MR) is 93.3 cm³/mol. The van der Waals surface area contributed by atoms with Crippen molar-refractivity contribution in [3.8, 4) is 0 Å². The molecule has 0 radical (unpaired) electrons. The number of nitrogens with zero attached hydrogens (tertiary/aromatic N) is 6. The van der Waals surface area contributed by atoms with Crippen LogP contribution < -0.4 is 10.2 Å². The average Bonchev–Trinajstić information content (AvgIpc) is 3.31. The first-order chi connectivity index (χ1) is 11.7. The van der Waals surface area contributed by atoms with Gasteiger partial charge >= 0.3 is 0 Å². The number of nitrogens with one attached hydrogen (secondary N) is 1. The second kappa shape index (κ2) is 6.33. The second-order valence-corrected chi connectivity index (χ2v) is 7.12. The van der Waals surface area contributed by atoms with Crippen molar-refractivity contribution in [2.24, 2.45) is 0 Å². The quantitative estimate of drug-likeness (QED) is 0.750. The van der Waals surface area contributed by atoms with Crippen LogP contribution in [0.3, 0.4) is 0 Å². The summed E-state index contributed by atoms with van der Waals surface area (Å²) in [6.45, 7) is 2.58. The Morgan fingerprint density at radius 1 is 1.33 bits per heavy atom. The standard InChI is InChI=1S/C15H19N7OS/c1-21(2)10-5-6-22(9-10)15-14(16-8-11-4-3-7-24-11)17-12-13(18-15)20-23-19-12/h3-4,7,10H,5-6,8-9H2,1-2H3,(H,16,17,19). The second-order valence-electron chi connectivity index (χ2n) is 6.09. The summed E-state index contributed by atoms with van der Waals surface area (Å²) in [5.74, 6) is 1.55. The van der Waals surface area contributed by atoms with Crippen LogP contribution >= 0.6 is 11.3 Å². The molecule has 126 valence electrons. The molecule has 0 aromatic carbocycles. The molecule has 4 rings (SSSR count). The zero-order valence-electron chi connectivity index (χ0n) is 13.6. The van der Waals surface area contributed by atoms with Gasteiger partial charge < -0.3 is 15.1 Å². The van der Waals surface area contributed by atoms with Crippen molar-refractivity contribution >= 4 is 34.3 Å². The fourth-order valence-corrected chi connectivity index (χ4v) is 3.55. The number of hydrogen-bond donors (Lipinski definition) is 1. The van der Waals surface area contributed by atoms with Crippen molar-refractivity contribution in [3.63, 3.8) is 0 Å². The molecule has 3 aromatic rings. The molecule has 4 heterocycles. The van der Waals surface area contributed by atoms with Crippen molar-refractivity contribution in [1.29, 1.82) is 0 Å². The van der Waals surface area contributed by atoms with Gasteiger partial charge in [-0.15, -0.1) is 11.3 Å². The van der Waals surface area contributed by atoms with E-state index in [1.807, 2.05) is 6.07 Å². The number of likely N-dealkylation sites (N-methyl/N-ethyl adjacent to an activating group) is 1. The molecule has 1 aliphatic heterocycles. The van der Waals surface area contributed by atoms with E-state index in [9.17, 15) is 0 Å². The lowest BCUT2D eigenvalue weighted by Crippen LogP contribution is -2.32. The van der Waals surface area contributed by atoms with Gasteiger partial charge in [0, 0.05) is 24.0 Å². The van der Waals surface area contributed by atoms with Gasteiger partial charge in [0.1, 0.15) is 0 Å². The molecule has 9 heteroatoms. The fraction of sp³-hybridized carbons (Fsp3) is 0.467. The molecule has 24 heavy (non-hydrogen) atoms. The molecular formula is C15H19N7OS. The van der Waals surface area contributed by atoms with E-state index in [1.165, 1.54) is 4.88 Å². The maximum atomic E-state index is 4.77. The van der Waals surface area contributed by atoms with Crippen molar-refractivity contribution in [3.05, 3.63) is 22.4 Å². The molecule has 1 fully saturated rings. The Morgan fingerprint density at radius 3 is 2.88 bits per heavy atom. The smallest absolute Gasteiger partial charge is 0.245 e. The minimum Gasteiger partial charge on any atom is -0.362 e. The van der Waals surface area contributed by atoms with E-state index in [0.29, 0.717) is 23.9 Å². The molecule has 1 N–H and O–H groups in total. The highest BCUT2D eigenvalue weighted by atomic mass is 32.1. The third-order valence-corrected chi connectivity index (χ3v) is 5.18. The minimum atomic E-state index is 0.427. The van der Waals surface area contributed by atoms with Gasteiger partial charge in [0.25, 0.3) is 0 Å². The molecule has 1 atom stereocenters. The van der Waals surface area contributed by atoms with E-state index in [0.717, 1.165) is 31.1 Å². The number of rotatable bonds is 5. The third-order valence-electron chi connectivity index (χ3n) is 4.30. The van der Waals surface area contributed by atoms with Crippen LogP contribution in [-0.4, -0.2) is 58.4 Å². The lowest BCUT2D eigenvalue weighted by atomic mass is 10.2. The summed E-state index contributed by atoms with van der Waals surface area (Å²) in [5.41, 5.74) is 0.871. The highest BCUT2D eigenvalue weighted by Gasteiger charge is 2.28. The van der Waals surface area contributed by atoms with Crippen LogP contribution in [0.5, 0.6) is 0 Å². The maximum absolute atomic E-state index is 4.77.